The Bertz CT molecular complexity index is 691. The van der Waals surface area contributed by atoms with Crippen molar-refractivity contribution < 1.29 is 23.0 Å². The number of halogens is 3. The number of aliphatic hydroxyl groups excluding tert-OH is 1. The number of fused-ring (bicyclic) bond motifs is 2. The van der Waals surface area contributed by atoms with Gasteiger partial charge in [-0.3, -0.25) is 4.90 Å². The van der Waals surface area contributed by atoms with Crippen LogP contribution in [0.2, 0.25) is 0 Å². The standard InChI is InChI=1S/C23H33F3N2O2/c24-23(25,26)20-2-1-3-21(14-20)28-9-7-27(8-10-28)15-22(29)16-30-11-6-19-13-17-4-5-18(19)12-17/h1-3,14,17-19,22,29H,4-13,15-16H2/t17-,18-,19+,22+/m1/s1. The highest BCUT2D eigenvalue weighted by Gasteiger charge is 2.38. The van der Waals surface area contributed by atoms with Crippen LogP contribution in [0.3, 0.4) is 0 Å². The zero-order chi connectivity index (χ0) is 21.1. The highest BCUT2D eigenvalue weighted by atomic mass is 19.4. The van der Waals surface area contributed by atoms with Crippen molar-refractivity contribution in [3.63, 3.8) is 0 Å². The van der Waals surface area contributed by atoms with Crippen LogP contribution >= 0.6 is 0 Å². The quantitative estimate of drug-likeness (QED) is 0.637. The Labute approximate surface area is 177 Å². The maximum atomic E-state index is 12.9. The summed E-state index contributed by atoms with van der Waals surface area (Å²) in [6, 6.07) is 5.51. The number of ether oxygens (including phenoxy) is 1. The average molecular weight is 427 g/mol. The number of rotatable bonds is 8. The normalized spacial score (nSPS) is 28.3. The molecule has 0 amide bonds. The van der Waals surface area contributed by atoms with E-state index >= 15 is 0 Å². The van der Waals surface area contributed by atoms with E-state index in [0.717, 1.165) is 49.9 Å². The van der Waals surface area contributed by atoms with Crippen molar-refractivity contribution in [2.75, 3.05) is 50.8 Å². The third-order valence-electron chi connectivity index (χ3n) is 7.21. The molecule has 1 saturated heterocycles. The van der Waals surface area contributed by atoms with Gasteiger partial charge >= 0.3 is 6.18 Å². The molecule has 7 heteroatoms. The molecule has 4 rings (SSSR count). The molecule has 1 aromatic rings. The maximum absolute atomic E-state index is 12.9. The lowest BCUT2D eigenvalue weighted by molar-refractivity contribution is -0.137. The molecule has 1 N–H and O–H groups in total. The van der Waals surface area contributed by atoms with Crippen molar-refractivity contribution >= 4 is 5.69 Å². The van der Waals surface area contributed by atoms with Gasteiger partial charge in [-0.1, -0.05) is 12.5 Å². The fourth-order valence-corrected chi connectivity index (χ4v) is 5.60. The summed E-state index contributed by atoms with van der Waals surface area (Å²) < 4.78 is 44.5. The van der Waals surface area contributed by atoms with Crippen molar-refractivity contribution in [3.8, 4) is 0 Å². The lowest BCUT2D eigenvalue weighted by Crippen LogP contribution is -2.49. The highest BCUT2D eigenvalue weighted by Crippen LogP contribution is 2.49. The maximum Gasteiger partial charge on any atom is 0.416 e. The van der Waals surface area contributed by atoms with Gasteiger partial charge in [0, 0.05) is 45.0 Å². The molecule has 1 aromatic carbocycles. The average Bonchev–Trinajstić information content (AvgIpc) is 3.35. The zero-order valence-corrected chi connectivity index (χ0v) is 17.5. The first-order chi connectivity index (χ1) is 14.4. The molecular weight excluding hydrogens is 393 g/mol. The monoisotopic (exact) mass is 426 g/mol. The summed E-state index contributed by atoms with van der Waals surface area (Å²) in [7, 11) is 0. The van der Waals surface area contributed by atoms with E-state index in [1.807, 2.05) is 4.90 Å². The number of β-amino-alcohol motifs (C(OH)–C–C–N with tert-alkyl or cyclic N) is 1. The Morgan fingerprint density at radius 3 is 2.57 bits per heavy atom. The fourth-order valence-electron chi connectivity index (χ4n) is 5.60. The van der Waals surface area contributed by atoms with Gasteiger partial charge in [0.15, 0.2) is 0 Å². The second kappa shape index (κ2) is 9.45. The largest absolute Gasteiger partial charge is 0.416 e. The second-order valence-corrected chi connectivity index (χ2v) is 9.29. The highest BCUT2D eigenvalue weighted by molar-refractivity contribution is 5.49. The summed E-state index contributed by atoms with van der Waals surface area (Å²) in [6.07, 6.45) is 1.87. The minimum absolute atomic E-state index is 0.356. The van der Waals surface area contributed by atoms with Crippen LogP contribution in [0, 0.1) is 17.8 Å². The lowest BCUT2D eigenvalue weighted by Gasteiger charge is -2.37. The molecule has 4 nitrogen and oxygen atoms in total. The molecule has 3 fully saturated rings. The molecule has 2 saturated carbocycles. The van der Waals surface area contributed by atoms with Crippen LogP contribution in [-0.2, 0) is 10.9 Å². The molecule has 1 aliphatic heterocycles. The Balaban J connectivity index is 1.13. The van der Waals surface area contributed by atoms with E-state index in [9.17, 15) is 18.3 Å². The van der Waals surface area contributed by atoms with E-state index in [-0.39, 0.29) is 0 Å². The van der Waals surface area contributed by atoms with Gasteiger partial charge in [0.2, 0.25) is 0 Å². The van der Waals surface area contributed by atoms with E-state index in [4.69, 9.17) is 4.74 Å². The molecule has 168 valence electrons. The number of hydrogen-bond acceptors (Lipinski definition) is 4. The zero-order valence-electron chi connectivity index (χ0n) is 17.5. The topological polar surface area (TPSA) is 35.9 Å². The molecule has 3 aliphatic rings. The van der Waals surface area contributed by atoms with Crippen LogP contribution in [-0.4, -0.2) is 62.0 Å². The van der Waals surface area contributed by atoms with Crippen LogP contribution in [0.5, 0.6) is 0 Å². The molecule has 4 atom stereocenters. The molecule has 30 heavy (non-hydrogen) atoms. The van der Waals surface area contributed by atoms with Crippen LogP contribution < -0.4 is 4.90 Å². The molecule has 0 radical (unpaired) electrons. The number of alkyl halides is 3. The van der Waals surface area contributed by atoms with Crippen LogP contribution in [0.25, 0.3) is 0 Å². The van der Waals surface area contributed by atoms with Gasteiger partial charge in [-0.25, -0.2) is 0 Å². The predicted molar refractivity (Wildman–Crippen MR) is 110 cm³/mol. The summed E-state index contributed by atoms with van der Waals surface area (Å²) >= 11 is 0. The van der Waals surface area contributed by atoms with Gasteiger partial charge in [-0.15, -0.1) is 0 Å². The molecule has 0 spiro atoms. The van der Waals surface area contributed by atoms with Crippen LogP contribution in [0.4, 0.5) is 18.9 Å². The van der Waals surface area contributed by atoms with Gasteiger partial charge in [-0.05, 0) is 61.6 Å². The molecule has 2 aliphatic carbocycles. The third-order valence-corrected chi connectivity index (χ3v) is 7.21. The Morgan fingerprint density at radius 2 is 1.90 bits per heavy atom. The Kier molecular flexibility index (Phi) is 6.90. The molecule has 0 unspecified atom stereocenters. The van der Waals surface area contributed by atoms with Crippen molar-refractivity contribution in [2.45, 2.75) is 44.4 Å². The number of benzene rings is 1. The molecule has 2 bridgehead atoms. The minimum atomic E-state index is -4.32. The number of piperazine rings is 1. The van der Waals surface area contributed by atoms with E-state index in [1.165, 1.54) is 37.8 Å². The molecular formula is C23H33F3N2O2. The van der Waals surface area contributed by atoms with Gasteiger partial charge < -0.3 is 14.7 Å². The van der Waals surface area contributed by atoms with Crippen molar-refractivity contribution in [1.29, 1.82) is 0 Å². The first-order valence-electron chi connectivity index (χ1n) is 11.3. The minimum Gasteiger partial charge on any atom is -0.389 e. The van der Waals surface area contributed by atoms with Crippen LogP contribution in [0.1, 0.15) is 37.7 Å². The Hall–Kier alpha value is -1.31. The van der Waals surface area contributed by atoms with E-state index in [1.54, 1.807) is 6.07 Å². The molecule has 0 aromatic heterocycles. The van der Waals surface area contributed by atoms with Gasteiger partial charge in [0.05, 0.1) is 18.3 Å². The van der Waals surface area contributed by atoms with E-state index in [0.29, 0.717) is 31.9 Å². The first kappa shape index (κ1) is 21.9. The van der Waals surface area contributed by atoms with Crippen molar-refractivity contribution in [2.24, 2.45) is 17.8 Å². The summed E-state index contributed by atoms with van der Waals surface area (Å²) in [5, 5.41) is 10.3. The summed E-state index contributed by atoms with van der Waals surface area (Å²) in [6.45, 7) is 4.38. The number of anilines is 1. The number of nitrogens with zero attached hydrogens (tertiary/aromatic N) is 2. The summed E-state index contributed by atoms with van der Waals surface area (Å²) in [5.41, 5.74) is -0.00518. The second-order valence-electron chi connectivity index (χ2n) is 9.29. The SMILES string of the molecule is O[C@H](COCC[C@H]1C[C@@H]2CC[C@@H]1C2)CN1CCN(c2cccc(C(F)(F)F)c2)CC1. The third kappa shape index (κ3) is 5.48. The van der Waals surface area contributed by atoms with Crippen molar-refractivity contribution in [1.82, 2.24) is 4.90 Å². The smallest absolute Gasteiger partial charge is 0.389 e. The number of hydrogen-bond donors (Lipinski definition) is 1. The van der Waals surface area contributed by atoms with Gasteiger partial charge in [0.1, 0.15) is 0 Å². The lowest BCUT2D eigenvalue weighted by atomic mass is 9.87. The first-order valence-corrected chi connectivity index (χ1v) is 11.3. The Morgan fingerprint density at radius 1 is 1.10 bits per heavy atom. The summed E-state index contributed by atoms with van der Waals surface area (Å²) in [4.78, 5) is 4.14. The summed E-state index contributed by atoms with van der Waals surface area (Å²) in [5.74, 6) is 2.70. The van der Waals surface area contributed by atoms with Gasteiger partial charge in [-0.2, -0.15) is 13.2 Å². The fraction of sp³-hybridized carbons (Fsp3) is 0.739. The molecule has 1 heterocycles. The van der Waals surface area contributed by atoms with E-state index in [2.05, 4.69) is 4.90 Å². The van der Waals surface area contributed by atoms with Crippen LogP contribution in [0.15, 0.2) is 24.3 Å². The van der Waals surface area contributed by atoms with Gasteiger partial charge in [0.25, 0.3) is 0 Å². The number of aliphatic hydroxyl groups is 1. The van der Waals surface area contributed by atoms with E-state index < -0.39 is 17.8 Å². The van der Waals surface area contributed by atoms with Crippen molar-refractivity contribution in [3.05, 3.63) is 29.8 Å². The predicted octanol–water partition coefficient (Wildman–Crippen LogP) is 4.03.